The van der Waals surface area contributed by atoms with Gasteiger partial charge in [-0.1, -0.05) is 35.9 Å². The first kappa shape index (κ1) is 13.6. The minimum absolute atomic E-state index is 0.0228. The summed E-state index contributed by atoms with van der Waals surface area (Å²) < 4.78 is 6.46. The zero-order chi connectivity index (χ0) is 12.9. The van der Waals surface area contributed by atoms with Gasteiger partial charge in [-0.25, -0.2) is 0 Å². The van der Waals surface area contributed by atoms with Crippen LogP contribution in [0.5, 0.6) is 0 Å². The Bertz CT molecular complexity index is 325. The molecule has 0 aromatic rings. The van der Waals surface area contributed by atoms with Crippen molar-refractivity contribution in [2.45, 2.75) is 69.4 Å². The Morgan fingerprint density at radius 1 is 1.18 bits per heavy atom. The van der Waals surface area contributed by atoms with E-state index in [2.05, 4.69) is 50.2 Å². The van der Waals surface area contributed by atoms with Crippen molar-refractivity contribution in [2.75, 3.05) is 0 Å². The lowest BCUT2D eigenvalue weighted by Gasteiger charge is -2.58. The molecule has 2 heteroatoms. The Morgan fingerprint density at radius 2 is 1.82 bits per heavy atom. The van der Waals surface area contributed by atoms with E-state index in [0.717, 1.165) is 12.8 Å². The van der Waals surface area contributed by atoms with E-state index in [9.17, 15) is 0 Å². The highest BCUT2D eigenvalue weighted by Gasteiger charge is 2.55. The third-order valence-corrected chi connectivity index (χ3v) is 6.80. The van der Waals surface area contributed by atoms with E-state index < -0.39 is 0 Å². The van der Waals surface area contributed by atoms with Crippen molar-refractivity contribution in [3.63, 3.8) is 0 Å². The van der Waals surface area contributed by atoms with Crippen molar-refractivity contribution >= 4 is 15.9 Å². The first-order valence-electron chi connectivity index (χ1n) is 6.71. The molecule has 0 radical (unpaired) electrons. The third kappa shape index (κ3) is 2.12. The SMILES string of the molecule is C=C[C@@]1(C)CC[C@@H]2C(C)(C)[C@H](Br)CC[C@@]2(C)O1. The molecule has 2 aliphatic rings. The molecular formula is C15H25BrO. The van der Waals surface area contributed by atoms with Gasteiger partial charge >= 0.3 is 0 Å². The van der Waals surface area contributed by atoms with E-state index in [0.29, 0.717) is 16.2 Å². The molecule has 1 nitrogen and oxygen atoms in total. The number of hydrogen-bond donors (Lipinski definition) is 0. The van der Waals surface area contributed by atoms with Crippen LogP contribution in [-0.2, 0) is 4.74 Å². The summed E-state index contributed by atoms with van der Waals surface area (Å²) in [5.41, 5.74) is 0.213. The van der Waals surface area contributed by atoms with Crippen LogP contribution >= 0.6 is 15.9 Å². The van der Waals surface area contributed by atoms with Crippen LogP contribution in [0, 0.1) is 11.3 Å². The fourth-order valence-electron chi connectivity index (χ4n) is 3.92. The van der Waals surface area contributed by atoms with Gasteiger partial charge in [0.2, 0.25) is 0 Å². The summed E-state index contributed by atoms with van der Waals surface area (Å²) in [7, 11) is 0. The van der Waals surface area contributed by atoms with Gasteiger partial charge in [0.05, 0.1) is 11.2 Å². The Hall–Kier alpha value is 0.180. The molecule has 0 amide bonds. The predicted molar refractivity (Wildman–Crippen MR) is 76.5 cm³/mol. The summed E-state index contributed by atoms with van der Waals surface area (Å²) in [5.74, 6) is 0.640. The molecule has 1 saturated carbocycles. The highest BCUT2D eigenvalue weighted by atomic mass is 79.9. The normalized spacial score (nSPS) is 49.5. The summed E-state index contributed by atoms with van der Waals surface area (Å²) in [4.78, 5) is 0.616. The number of halogens is 1. The maximum Gasteiger partial charge on any atom is 0.0839 e. The van der Waals surface area contributed by atoms with Gasteiger partial charge in [-0.15, -0.1) is 6.58 Å². The smallest absolute Gasteiger partial charge is 0.0839 e. The topological polar surface area (TPSA) is 9.23 Å². The largest absolute Gasteiger partial charge is 0.365 e. The number of fused-ring (bicyclic) bond motifs is 1. The Balaban J connectivity index is 2.29. The van der Waals surface area contributed by atoms with Gasteiger partial charge in [0, 0.05) is 4.83 Å². The van der Waals surface area contributed by atoms with E-state index in [1.54, 1.807) is 0 Å². The monoisotopic (exact) mass is 300 g/mol. The fraction of sp³-hybridized carbons (Fsp3) is 0.867. The van der Waals surface area contributed by atoms with Crippen molar-refractivity contribution in [3.8, 4) is 0 Å². The van der Waals surface area contributed by atoms with Gasteiger partial charge < -0.3 is 4.74 Å². The summed E-state index contributed by atoms with van der Waals surface area (Å²) in [6.07, 6.45) is 6.68. The molecule has 98 valence electrons. The molecule has 0 spiro atoms. The van der Waals surface area contributed by atoms with Crippen LogP contribution in [0.1, 0.15) is 53.4 Å². The van der Waals surface area contributed by atoms with Crippen LogP contribution in [0.15, 0.2) is 12.7 Å². The molecule has 0 aromatic heterocycles. The van der Waals surface area contributed by atoms with Gasteiger partial charge in [-0.2, -0.15) is 0 Å². The lowest BCUT2D eigenvalue weighted by Crippen LogP contribution is -2.59. The fourth-order valence-corrected chi connectivity index (χ4v) is 4.47. The standard InChI is InChI=1S/C15H25BrO/c1-6-14(4)9-7-11-13(2,3)12(16)8-10-15(11,5)17-14/h6,11-12H,1,7-10H2,2-5H3/t11-,12-,14+,15-/m1/s1. The summed E-state index contributed by atoms with van der Waals surface area (Å²) in [6, 6.07) is 0. The van der Waals surface area contributed by atoms with E-state index in [-0.39, 0.29) is 11.2 Å². The quantitative estimate of drug-likeness (QED) is 0.504. The predicted octanol–water partition coefficient (Wildman–Crippen LogP) is 4.70. The van der Waals surface area contributed by atoms with Crippen molar-refractivity contribution in [1.82, 2.24) is 0 Å². The summed E-state index contributed by atoms with van der Waals surface area (Å²) in [6.45, 7) is 13.2. The van der Waals surface area contributed by atoms with Crippen LogP contribution in [-0.4, -0.2) is 16.0 Å². The van der Waals surface area contributed by atoms with Gasteiger partial charge in [-0.05, 0) is 50.9 Å². The molecule has 0 aromatic carbocycles. The van der Waals surface area contributed by atoms with Gasteiger partial charge in [0.1, 0.15) is 0 Å². The molecule has 0 bridgehead atoms. The molecule has 1 aliphatic carbocycles. The highest BCUT2D eigenvalue weighted by Crippen LogP contribution is 2.56. The Labute approximate surface area is 114 Å². The zero-order valence-electron chi connectivity index (χ0n) is 11.6. The molecule has 0 unspecified atom stereocenters. The van der Waals surface area contributed by atoms with E-state index >= 15 is 0 Å². The van der Waals surface area contributed by atoms with E-state index in [4.69, 9.17) is 4.74 Å². The molecule has 4 atom stereocenters. The minimum atomic E-state index is -0.125. The number of rotatable bonds is 1. The van der Waals surface area contributed by atoms with Gasteiger partial charge in [-0.3, -0.25) is 0 Å². The lowest BCUT2D eigenvalue weighted by molar-refractivity contribution is -0.219. The maximum atomic E-state index is 6.46. The van der Waals surface area contributed by atoms with E-state index in [1.807, 2.05) is 6.08 Å². The molecule has 2 rings (SSSR count). The van der Waals surface area contributed by atoms with Crippen molar-refractivity contribution in [2.24, 2.45) is 11.3 Å². The second kappa shape index (κ2) is 4.09. The van der Waals surface area contributed by atoms with Crippen molar-refractivity contribution in [3.05, 3.63) is 12.7 Å². The lowest BCUT2D eigenvalue weighted by atomic mass is 9.58. The number of hydrogen-bond acceptors (Lipinski definition) is 1. The van der Waals surface area contributed by atoms with Crippen LogP contribution in [0.3, 0.4) is 0 Å². The van der Waals surface area contributed by atoms with Gasteiger partial charge in [0.15, 0.2) is 0 Å². The number of ether oxygens (including phenoxy) is 1. The molecule has 1 heterocycles. The zero-order valence-corrected chi connectivity index (χ0v) is 13.1. The Morgan fingerprint density at radius 3 is 2.41 bits per heavy atom. The van der Waals surface area contributed by atoms with Crippen molar-refractivity contribution in [1.29, 1.82) is 0 Å². The molecule has 2 fully saturated rings. The van der Waals surface area contributed by atoms with Crippen molar-refractivity contribution < 1.29 is 4.74 Å². The average molecular weight is 301 g/mol. The highest BCUT2D eigenvalue weighted by molar-refractivity contribution is 9.09. The van der Waals surface area contributed by atoms with Crippen LogP contribution in [0.4, 0.5) is 0 Å². The molecule has 1 saturated heterocycles. The van der Waals surface area contributed by atoms with Crippen LogP contribution in [0.25, 0.3) is 0 Å². The maximum absolute atomic E-state index is 6.46. The molecule has 17 heavy (non-hydrogen) atoms. The van der Waals surface area contributed by atoms with Gasteiger partial charge in [0.25, 0.3) is 0 Å². The molecule has 0 N–H and O–H groups in total. The van der Waals surface area contributed by atoms with Crippen LogP contribution in [0.2, 0.25) is 0 Å². The second-order valence-electron chi connectivity index (χ2n) is 6.85. The molecule has 1 aliphatic heterocycles. The first-order chi connectivity index (χ1) is 7.73. The second-order valence-corrected chi connectivity index (χ2v) is 7.96. The molecular weight excluding hydrogens is 276 g/mol. The summed E-state index contributed by atoms with van der Waals surface area (Å²) in [5, 5.41) is 0. The third-order valence-electron chi connectivity index (χ3n) is 5.16. The Kier molecular flexibility index (Phi) is 3.28. The number of alkyl halides is 1. The van der Waals surface area contributed by atoms with E-state index in [1.165, 1.54) is 12.8 Å². The van der Waals surface area contributed by atoms with Crippen LogP contribution < -0.4 is 0 Å². The summed E-state index contributed by atoms with van der Waals surface area (Å²) >= 11 is 3.87. The first-order valence-corrected chi connectivity index (χ1v) is 7.63. The minimum Gasteiger partial charge on any atom is -0.365 e. The average Bonchev–Trinajstić information content (AvgIpc) is 2.24.